The van der Waals surface area contributed by atoms with Crippen molar-refractivity contribution in [3.05, 3.63) is 35.5 Å². The van der Waals surface area contributed by atoms with E-state index in [-0.39, 0.29) is 29.8 Å². The van der Waals surface area contributed by atoms with Gasteiger partial charge in [0.25, 0.3) is 0 Å². The molecule has 3 aromatic rings. The van der Waals surface area contributed by atoms with Crippen molar-refractivity contribution < 1.29 is 26.3 Å². The van der Waals surface area contributed by atoms with E-state index in [2.05, 4.69) is 30.9 Å². The lowest BCUT2D eigenvalue weighted by molar-refractivity contribution is -0.143. The molecule has 3 N–H and O–H groups in total. The van der Waals surface area contributed by atoms with Crippen LogP contribution in [0.2, 0.25) is 0 Å². The first-order valence-corrected chi connectivity index (χ1v) is 11.4. The first kappa shape index (κ1) is 23.6. The van der Waals surface area contributed by atoms with Gasteiger partial charge in [-0.3, -0.25) is 4.57 Å². The number of hydrogen-bond acceptors (Lipinski definition) is 6. The molecule has 1 saturated heterocycles. The fourth-order valence-corrected chi connectivity index (χ4v) is 4.35. The highest BCUT2D eigenvalue weighted by Crippen LogP contribution is 2.39. The molecule has 188 valence electrons. The van der Waals surface area contributed by atoms with Gasteiger partial charge in [-0.2, -0.15) is 31.3 Å². The Morgan fingerprint density at radius 2 is 1.54 bits per heavy atom. The number of fused-ring (bicyclic) bond motifs is 1. The van der Waals surface area contributed by atoms with E-state index in [0.29, 0.717) is 55.2 Å². The monoisotopic (exact) mass is 499 g/mol. The number of alkyl halides is 6. The standard InChI is InChI=1S/C22H23F6N7/c23-21(24,25)12-8-13(22(26,27)28)10-15(9-12)32-20-33-17-11-30-19(31-14-2-1-3-14)34-18(17)35(20)16-4-6-29-7-5-16/h8-11,14,16,29H,1-7H2,(H,32,33)(H,30,31,34). The van der Waals surface area contributed by atoms with Gasteiger partial charge in [0.05, 0.1) is 17.3 Å². The predicted octanol–water partition coefficient (Wildman–Crippen LogP) is 5.50. The molecule has 13 heteroatoms. The molecule has 2 aliphatic rings. The minimum atomic E-state index is -4.94. The van der Waals surface area contributed by atoms with E-state index in [4.69, 9.17) is 0 Å². The van der Waals surface area contributed by atoms with Crippen LogP contribution in [0.5, 0.6) is 0 Å². The SMILES string of the molecule is FC(F)(F)c1cc(Nc2nc3cnc(NC4CCC4)nc3n2C2CCNCC2)cc(C(F)(F)F)c1. The van der Waals surface area contributed by atoms with Gasteiger partial charge in [-0.1, -0.05) is 0 Å². The number of benzene rings is 1. The Kier molecular flexibility index (Phi) is 5.98. The van der Waals surface area contributed by atoms with Gasteiger partial charge in [-0.05, 0) is 63.4 Å². The molecule has 7 nitrogen and oxygen atoms in total. The van der Waals surface area contributed by atoms with E-state index >= 15 is 0 Å². The van der Waals surface area contributed by atoms with Gasteiger partial charge >= 0.3 is 12.4 Å². The molecular weight excluding hydrogens is 476 g/mol. The molecule has 0 radical (unpaired) electrons. The molecule has 0 atom stereocenters. The van der Waals surface area contributed by atoms with Crippen molar-refractivity contribution in [2.75, 3.05) is 23.7 Å². The van der Waals surface area contributed by atoms with Crippen LogP contribution in [0, 0.1) is 0 Å². The summed E-state index contributed by atoms with van der Waals surface area (Å²) >= 11 is 0. The number of halogens is 6. The fourth-order valence-electron chi connectivity index (χ4n) is 4.35. The second-order valence-corrected chi connectivity index (χ2v) is 8.88. The van der Waals surface area contributed by atoms with Crippen LogP contribution >= 0.6 is 0 Å². The van der Waals surface area contributed by atoms with Crippen molar-refractivity contribution in [3.63, 3.8) is 0 Å². The maximum atomic E-state index is 13.3. The summed E-state index contributed by atoms with van der Waals surface area (Å²) in [5, 5.41) is 9.22. The summed E-state index contributed by atoms with van der Waals surface area (Å²) in [6.45, 7) is 1.42. The number of anilines is 3. The number of nitrogens with zero attached hydrogens (tertiary/aromatic N) is 4. The number of imidazole rings is 1. The van der Waals surface area contributed by atoms with Gasteiger partial charge in [0, 0.05) is 17.8 Å². The molecule has 5 rings (SSSR count). The van der Waals surface area contributed by atoms with E-state index in [1.165, 1.54) is 6.20 Å². The van der Waals surface area contributed by atoms with Crippen LogP contribution in [-0.4, -0.2) is 38.7 Å². The highest BCUT2D eigenvalue weighted by Gasteiger charge is 2.37. The smallest absolute Gasteiger partial charge is 0.351 e. The summed E-state index contributed by atoms with van der Waals surface area (Å²) < 4.78 is 81.8. The zero-order chi connectivity index (χ0) is 24.8. The van der Waals surface area contributed by atoms with Crippen molar-refractivity contribution in [2.45, 2.75) is 56.5 Å². The molecule has 0 unspecified atom stereocenters. The van der Waals surface area contributed by atoms with Crippen LogP contribution in [-0.2, 0) is 12.4 Å². The third-order valence-corrected chi connectivity index (χ3v) is 6.39. The summed E-state index contributed by atoms with van der Waals surface area (Å²) in [7, 11) is 0. The summed E-state index contributed by atoms with van der Waals surface area (Å²) in [5.74, 6) is 0.539. The number of aromatic nitrogens is 4. The average Bonchev–Trinajstić information content (AvgIpc) is 3.12. The first-order valence-electron chi connectivity index (χ1n) is 11.4. The zero-order valence-corrected chi connectivity index (χ0v) is 18.5. The van der Waals surface area contributed by atoms with Crippen LogP contribution < -0.4 is 16.0 Å². The second-order valence-electron chi connectivity index (χ2n) is 8.88. The Labute approximate surface area is 196 Å². The van der Waals surface area contributed by atoms with E-state index < -0.39 is 23.5 Å². The van der Waals surface area contributed by atoms with Gasteiger partial charge in [0.2, 0.25) is 11.9 Å². The average molecular weight is 499 g/mol. The van der Waals surface area contributed by atoms with Crippen LogP contribution in [0.15, 0.2) is 24.4 Å². The molecular formula is C22H23F6N7. The fraction of sp³-hybridized carbons (Fsp3) is 0.500. The first-order chi connectivity index (χ1) is 16.6. The molecule has 35 heavy (non-hydrogen) atoms. The summed E-state index contributed by atoms with van der Waals surface area (Å²) in [6, 6.07) is 1.59. The molecule has 0 bridgehead atoms. The van der Waals surface area contributed by atoms with Crippen molar-refractivity contribution in [1.29, 1.82) is 0 Å². The van der Waals surface area contributed by atoms with Crippen LogP contribution in [0.25, 0.3) is 11.2 Å². The minimum Gasteiger partial charge on any atom is -0.351 e. The Hall–Kier alpha value is -3.09. The second kappa shape index (κ2) is 8.85. The quantitative estimate of drug-likeness (QED) is 0.403. The molecule has 0 amide bonds. The number of hydrogen-bond donors (Lipinski definition) is 3. The van der Waals surface area contributed by atoms with E-state index in [9.17, 15) is 26.3 Å². The highest BCUT2D eigenvalue weighted by molar-refractivity contribution is 5.77. The molecule has 1 aromatic carbocycles. The van der Waals surface area contributed by atoms with Gasteiger partial charge in [0.1, 0.15) is 5.52 Å². The van der Waals surface area contributed by atoms with Crippen LogP contribution in [0.1, 0.15) is 49.3 Å². The summed E-state index contributed by atoms with van der Waals surface area (Å²) in [4.78, 5) is 13.3. The summed E-state index contributed by atoms with van der Waals surface area (Å²) in [5.41, 5.74) is -2.29. The van der Waals surface area contributed by atoms with Gasteiger partial charge in [-0.15, -0.1) is 0 Å². The molecule has 0 spiro atoms. The van der Waals surface area contributed by atoms with Gasteiger partial charge in [-0.25, -0.2) is 9.97 Å². The molecule has 1 aliphatic carbocycles. The lowest BCUT2D eigenvalue weighted by atomic mass is 9.93. The maximum absolute atomic E-state index is 13.3. The van der Waals surface area contributed by atoms with Crippen LogP contribution in [0.3, 0.4) is 0 Å². The molecule has 1 aliphatic heterocycles. The number of nitrogens with one attached hydrogen (secondary N) is 3. The third-order valence-electron chi connectivity index (χ3n) is 6.39. The highest BCUT2D eigenvalue weighted by atomic mass is 19.4. The molecule has 2 fully saturated rings. The van der Waals surface area contributed by atoms with Crippen molar-refractivity contribution in [3.8, 4) is 0 Å². The number of rotatable bonds is 5. The van der Waals surface area contributed by atoms with E-state index in [1.54, 1.807) is 4.57 Å². The molecule has 1 saturated carbocycles. The normalized spacial score (nSPS) is 18.0. The van der Waals surface area contributed by atoms with Crippen LogP contribution in [0.4, 0.5) is 43.9 Å². The molecule has 3 heterocycles. The molecule has 2 aromatic heterocycles. The largest absolute Gasteiger partial charge is 0.416 e. The zero-order valence-electron chi connectivity index (χ0n) is 18.5. The maximum Gasteiger partial charge on any atom is 0.416 e. The lowest BCUT2D eigenvalue weighted by Gasteiger charge is -2.27. The van der Waals surface area contributed by atoms with Crippen molar-refractivity contribution in [2.24, 2.45) is 0 Å². The van der Waals surface area contributed by atoms with Crippen molar-refractivity contribution >= 4 is 28.7 Å². The Balaban J connectivity index is 1.57. The minimum absolute atomic E-state index is 0.0944. The Bertz CT molecular complexity index is 1180. The lowest BCUT2D eigenvalue weighted by Crippen LogP contribution is -2.30. The van der Waals surface area contributed by atoms with E-state index in [1.807, 2.05) is 0 Å². The van der Waals surface area contributed by atoms with Crippen molar-refractivity contribution in [1.82, 2.24) is 24.8 Å². The van der Waals surface area contributed by atoms with E-state index in [0.717, 1.165) is 19.3 Å². The predicted molar refractivity (Wildman–Crippen MR) is 117 cm³/mol. The number of piperidine rings is 1. The van der Waals surface area contributed by atoms with Gasteiger partial charge in [0.15, 0.2) is 5.65 Å². The topological polar surface area (TPSA) is 79.7 Å². The Morgan fingerprint density at radius 1 is 0.886 bits per heavy atom. The van der Waals surface area contributed by atoms with Gasteiger partial charge < -0.3 is 16.0 Å². The summed E-state index contributed by atoms with van der Waals surface area (Å²) in [6.07, 6.45) is -3.83. The third kappa shape index (κ3) is 5.00. The Morgan fingerprint density at radius 3 is 2.11 bits per heavy atom.